The van der Waals surface area contributed by atoms with Crippen molar-refractivity contribution in [1.82, 2.24) is 10.6 Å². The number of nitrogens with one attached hydrogen (secondary N) is 2. The van der Waals surface area contributed by atoms with Gasteiger partial charge in [-0.25, -0.2) is 0 Å². The van der Waals surface area contributed by atoms with Crippen molar-refractivity contribution in [3.8, 4) is 5.75 Å². The van der Waals surface area contributed by atoms with Crippen LogP contribution < -0.4 is 15.4 Å². The van der Waals surface area contributed by atoms with E-state index in [9.17, 15) is 0 Å². The van der Waals surface area contributed by atoms with Gasteiger partial charge in [-0.1, -0.05) is 25.1 Å². The van der Waals surface area contributed by atoms with Crippen LogP contribution in [0.2, 0.25) is 0 Å². The van der Waals surface area contributed by atoms with Gasteiger partial charge in [0.15, 0.2) is 5.96 Å². The van der Waals surface area contributed by atoms with Crippen LogP contribution in [0.15, 0.2) is 29.3 Å². The molecule has 1 unspecified atom stereocenters. The van der Waals surface area contributed by atoms with Crippen molar-refractivity contribution < 1.29 is 4.74 Å². The zero-order chi connectivity index (χ0) is 16.6. The molecule has 0 spiro atoms. The average molecular weight is 324 g/mol. The van der Waals surface area contributed by atoms with E-state index in [0.717, 1.165) is 24.8 Å². The fourth-order valence-electron chi connectivity index (χ4n) is 2.02. The maximum atomic E-state index is 5.43. The van der Waals surface area contributed by atoms with Crippen molar-refractivity contribution in [2.75, 3.05) is 33.5 Å². The molecule has 4 nitrogen and oxygen atoms in total. The molecule has 5 heteroatoms. The Hall–Kier alpha value is -1.36. The van der Waals surface area contributed by atoms with Crippen molar-refractivity contribution in [2.45, 2.75) is 31.4 Å². The predicted octanol–water partition coefficient (Wildman–Crippen LogP) is 3.11. The smallest absolute Gasteiger partial charge is 0.191 e. The van der Waals surface area contributed by atoms with Crippen LogP contribution in [-0.4, -0.2) is 44.2 Å². The van der Waals surface area contributed by atoms with Crippen LogP contribution in [0.25, 0.3) is 0 Å². The summed E-state index contributed by atoms with van der Waals surface area (Å²) >= 11 is 1.84. The molecule has 0 aliphatic heterocycles. The lowest BCUT2D eigenvalue weighted by molar-refractivity contribution is 0.406. The van der Waals surface area contributed by atoms with Gasteiger partial charge in [0.1, 0.15) is 5.75 Å². The quantitative estimate of drug-likeness (QED) is 0.598. The number of ether oxygens (including phenoxy) is 1. The normalized spacial score (nSPS) is 13.6. The molecule has 0 amide bonds. The standard InChI is InChI=1S/C17H29N3OS/c1-13(14-9-7-8-10-15(14)21-5)11-19-16(18-4)20-12-17(2,3)22-6/h7-10,13H,11-12H2,1-6H3,(H2,18,19,20). The van der Waals surface area contributed by atoms with Crippen molar-refractivity contribution >= 4 is 17.7 Å². The van der Waals surface area contributed by atoms with Gasteiger partial charge in [0.2, 0.25) is 0 Å². The highest BCUT2D eigenvalue weighted by Crippen LogP contribution is 2.25. The third-order valence-electron chi connectivity index (χ3n) is 3.70. The summed E-state index contributed by atoms with van der Waals surface area (Å²) in [4.78, 5) is 4.29. The van der Waals surface area contributed by atoms with E-state index in [1.165, 1.54) is 5.56 Å². The molecule has 0 saturated heterocycles. The number of thioether (sulfide) groups is 1. The Balaban J connectivity index is 2.56. The molecule has 1 atom stereocenters. The molecular formula is C17H29N3OS. The van der Waals surface area contributed by atoms with Crippen LogP contribution in [0.4, 0.5) is 0 Å². The van der Waals surface area contributed by atoms with Crippen LogP contribution in [0, 0.1) is 0 Å². The Morgan fingerprint density at radius 1 is 1.32 bits per heavy atom. The van der Waals surface area contributed by atoms with Gasteiger partial charge < -0.3 is 15.4 Å². The summed E-state index contributed by atoms with van der Waals surface area (Å²) in [5, 5.41) is 6.77. The third-order valence-corrected chi connectivity index (χ3v) is 4.95. The molecule has 2 N–H and O–H groups in total. The lowest BCUT2D eigenvalue weighted by Crippen LogP contribution is -2.44. The number of guanidine groups is 1. The van der Waals surface area contributed by atoms with Crippen molar-refractivity contribution in [3.05, 3.63) is 29.8 Å². The van der Waals surface area contributed by atoms with Gasteiger partial charge in [-0.05, 0) is 31.7 Å². The maximum Gasteiger partial charge on any atom is 0.191 e. The van der Waals surface area contributed by atoms with Crippen LogP contribution >= 0.6 is 11.8 Å². The predicted molar refractivity (Wildman–Crippen MR) is 98.4 cm³/mol. The lowest BCUT2D eigenvalue weighted by atomic mass is 10.0. The fraction of sp³-hybridized carbons (Fsp3) is 0.588. The molecule has 0 heterocycles. The van der Waals surface area contributed by atoms with E-state index in [0.29, 0.717) is 5.92 Å². The Bertz CT molecular complexity index is 489. The highest BCUT2D eigenvalue weighted by molar-refractivity contribution is 7.99. The molecule has 1 aromatic carbocycles. The molecule has 0 aliphatic carbocycles. The molecule has 0 saturated carbocycles. The minimum absolute atomic E-state index is 0.186. The third kappa shape index (κ3) is 5.79. The molecule has 0 aliphatic rings. The number of benzene rings is 1. The number of aliphatic imine (C=N–C) groups is 1. The summed E-state index contributed by atoms with van der Waals surface area (Å²) in [6, 6.07) is 8.15. The van der Waals surface area contributed by atoms with Gasteiger partial charge in [0.25, 0.3) is 0 Å². The summed E-state index contributed by atoms with van der Waals surface area (Å²) in [5.74, 6) is 2.11. The van der Waals surface area contributed by atoms with Gasteiger partial charge in [0, 0.05) is 30.8 Å². The average Bonchev–Trinajstić information content (AvgIpc) is 2.54. The first-order valence-corrected chi connectivity index (χ1v) is 8.78. The molecule has 0 aromatic heterocycles. The summed E-state index contributed by atoms with van der Waals surface area (Å²) < 4.78 is 5.62. The molecule has 0 bridgehead atoms. The number of hydrogen-bond donors (Lipinski definition) is 2. The summed E-state index contributed by atoms with van der Waals surface area (Å²) in [6.45, 7) is 8.30. The van der Waals surface area contributed by atoms with Crippen molar-refractivity contribution in [3.63, 3.8) is 0 Å². The topological polar surface area (TPSA) is 45.7 Å². The highest BCUT2D eigenvalue weighted by atomic mass is 32.2. The van der Waals surface area contributed by atoms with E-state index in [1.54, 1.807) is 14.2 Å². The van der Waals surface area contributed by atoms with Gasteiger partial charge in [0.05, 0.1) is 7.11 Å². The molecule has 1 rings (SSSR count). The first-order valence-electron chi connectivity index (χ1n) is 7.56. The number of para-hydroxylation sites is 1. The van der Waals surface area contributed by atoms with E-state index in [1.807, 2.05) is 30.0 Å². The van der Waals surface area contributed by atoms with Crippen molar-refractivity contribution in [2.24, 2.45) is 4.99 Å². The number of methoxy groups -OCH3 is 1. The Morgan fingerprint density at radius 2 is 2.00 bits per heavy atom. The molecule has 0 fully saturated rings. The first kappa shape index (κ1) is 18.7. The second-order valence-electron chi connectivity index (χ2n) is 5.91. The molecule has 1 aromatic rings. The molecular weight excluding hydrogens is 294 g/mol. The monoisotopic (exact) mass is 323 g/mol. The Morgan fingerprint density at radius 3 is 2.59 bits per heavy atom. The largest absolute Gasteiger partial charge is 0.496 e. The molecule has 124 valence electrons. The Labute approximate surface area is 139 Å². The van der Waals surface area contributed by atoms with Gasteiger partial charge in [-0.15, -0.1) is 0 Å². The second kappa shape index (κ2) is 8.93. The fourth-order valence-corrected chi connectivity index (χ4v) is 2.24. The zero-order valence-electron chi connectivity index (χ0n) is 14.6. The first-order chi connectivity index (χ1) is 10.4. The summed E-state index contributed by atoms with van der Waals surface area (Å²) in [5.41, 5.74) is 1.21. The van der Waals surface area contributed by atoms with Crippen LogP contribution in [0.3, 0.4) is 0 Å². The SMILES string of the molecule is CN=C(NCC(C)c1ccccc1OC)NCC(C)(C)SC. The van der Waals surface area contributed by atoms with Crippen molar-refractivity contribution in [1.29, 1.82) is 0 Å². The second-order valence-corrected chi connectivity index (χ2v) is 7.43. The summed E-state index contributed by atoms with van der Waals surface area (Å²) in [7, 11) is 3.51. The van der Waals surface area contributed by atoms with Gasteiger partial charge >= 0.3 is 0 Å². The van der Waals surface area contributed by atoms with Gasteiger partial charge in [-0.2, -0.15) is 11.8 Å². The van der Waals surface area contributed by atoms with E-state index < -0.39 is 0 Å². The van der Waals surface area contributed by atoms with E-state index >= 15 is 0 Å². The minimum Gasteiger partial charge on any atom is -0.496 e. The number of hydrogen-bond acceptors (Lipinski definition) is 3. The van der Waals surface area contributed by atoms with Gasteiger partial charge in [-0.3, -0.25) is 4.99 Å². The van der Waals surface area contributed by atoms with Crippen LogP contribution in [0.5, 0.6) is 5.75 Å². The summed E-state index contributed by atoms with van der Waals surface area (Å²) in [6.07, 6.45) is 2.13. The zero-order valence-corrected chi connectivity index (χ0v) is 15.4. The van der Waals surface area contributed by atoms with E-state index in [4.69, 9.17) is 4.74 Å². The lowest BCUT2D eigenvalue weighted by Gasteiger charge is -2.24. The maximum absolute atomic E-state index is 5.43. The highest BCUT2D eigenvalue weighted by Gasteiger charge is 2.17. The number of rotatable bonds is 7. The van der Waals surface area contributed by atoms with E-state index in [2.05, 4.69) is 48.7 Å². The number of nitrogens with zero attached hydrogens (tertiary/aromatic N) is 1. The Kier molecular flexibility index (Phi) is 7.59. The molecule has 22 heavy (non-hydrogen) atoms. The van der Waals surface area contributed by atoms with E-state index in [-0.39, 0.29) is 4.75 Å². The molecule has 0 radical (unpaired) electrons. The minimum atomic E-state index is 0.186. The van der Waals surface area contributed by atoms with Crippen LogP contribution in [0.1, 0.15) is 32.3 Å². The van der Waals surface area contributed by atoms with Crippen LogP contribution in [-0.2, 0) is 0 Å².